The van der Waals surface area contributed by atoms with Gasteiger partial charge in [-0.05, 0) is 44.5 Å². The number of para-hydroxylation sites is 1. The number of fused-ring (bicyclic) bond motifs is 1. The number of benzene rings is 3. The minimum Gasteiger partial charge on any atom is -0.493 e. The first-order valence-electron chi connectivity index (χ1n) is 8.74. The summed E-state index contributed by atoms with van der Waals surface area (Å²) in [5.74, 6) is 1.20. The number of hydrogen-bond donors (Lipinski definition) is 0. The molecule has 4 nitrogen and oxygen atoms in total. The van der Waals surface area contributed by atoms with Crippen LogP contribution in [0, 0.1) is 6.92 Å². The van der Waals surface area contributed by atoms with E-state index in [2.05, 4.69) is 0 Å². The molecule has 0 unspecified atom stereocenters. The predicted molar refractivity (Wildman–Crippen MR) is 102 cm³/mol. The van der Waals surface area contributed by atoms with E-state index in [4.69, 9.17) is 14.2 Å². The lowest BCUT2D eigenvalue weighted by molar-refractivity contribution is 0.0730. The van der Waals surface area contributed by atoms with E-state index >= 15 is 0 Å². The van der Waals surface area contributed by atoms with Gasteiger partial charge in [0.05, 0.1) is 13.2 Å². The van der Waals surface area contributed by atoms with Crippen LogP contribution in [0.4, 0.5) is 0 Å². The second kappa shape index (κ2) is 7.91. The number of hydrogen-bond acceptors (Lipinski definition) is 4. The molecule has 0 fully saturated rings. The van der Waals surface area contributed by atoms with Gasteiger partial charge in [-0.1, -0.05) is 36.4 Å². The number of rotatable bonds is 6. The van der Waals surface area contributed by atoms with Crippen LogP contribution in [0.3, 0.4) is 0 Å². The van der Waals surface area contributed by atoms with Crippen LogP contribution in [0.2, 0.25) is 0 Å². The number of ether oxygens (including phenoxy) is 3. The standard InChI is InChI=1S/C22H22O4/c1-4-24-19-14-18(22(23)26-16-11-7-6-8-12-16)21(25-5-2)17-13-9-10-15(3)20(17)19/h6-14H,4-5H2,1-3H3. The molecular weight excluding hydrogens is 328 g/mol. The third-order valence-corrected chi connectivity index (χ3v) is 4.05. The van der Waals surface area contributed by atoms with Crippen LogP contribution < -0.4 is 14.2 Å². The maximum absolute atomic E-state index is 12.8. The molecule has 0 amide bonds. The van der Waals surface area contributed by atoms with Gasteiger partial charge >= 0.3 is 5.97 Å². The van der Waals surface area contributed by atoms with Gasteiger partial charge in [-0.15, -0.1) is 0 Å². The molecule has 4 heteroatoms. The van der Waals surface area contributed by atoms with Crippen molar-refractivity contribution in [3.8, 4) is 17.2 Å². The molecule has 0 aliphatic heterocycles. The van der Waals surface area contributed by atoms with Crippen LogP contribution in [-0.2, 0) is 0 Å². The van der Waals surface area contributed by atoms with Crippen molar-refractivity contribution in [2.24, 2.45) is 0 Å². The SMILES string of the molecule is CCOc1c(C(=O)Oc2ccccc2)cc(OCC)c2c(C)cccc12. The summed E-state index contributed by atoms with van der Waals surface area (Å²) < 4.78 is 17.2. The van der Waals surface area contributed by atoms with E-state index in [1.54, 1.807) is 18.2 Å². The van der Waals surface area contributed by atoms with Crippen molar-refractivity contribution in [3.63, 3.8) is 0 Å². The maximum Gasteiger partial charge on any atom is 0.347 e. The summed E-state index contributed by atoms with van der Waals surface area (Å²) in [6.45, 7) is 6.78. The molecular formula is C22H22O4. The first-order chi connectivity index (χ1) is 12.7. The molecule has 0 heterocycles. The Morgan fingerprint density at radius 3 is 2.35 bits per heavy atom. The molecule has 0 spiro atoms. The zero-order valence-corrected chi connectivity index (χ0v) is 15.2. The molecule has 3 rings (SSSR count). The zero-order chi connectivity index (χ0) is 18.5. The molecule has 3 aromatic rings. The Kier molecular flexibility index (Phi) is 5.42. The highest BCUT2D eigenvalue weighted by Gasteiger charge is 2.22. The Bertz CT molecular complexity index is 916. The van der Waals surface area contributed by atoms with Crippen molar-refractivity contribution in [1.82, 2.24) is 0 Å². The van der Waals surface area contributed by atoms with E-state index < -0.39 is 5.97 Å². The largest absolute Gasteiger partial charge is 0.493 e. The van der Waals surface area contributed by atoms with Gasteiger partial charge in [0.15, 0.2) is 0 Å². The van der Waals surface area contributed by atoms with Gasteiger partial charge < -0.3 is 14.2 Å². The number of aryl methyl sites for hydroxylation is 1. The molecule has 0 atom stereocenters. The van der Waals surface area contributed by atoms with Crippen molar-refractivity contribution >= 4 is 16.7 Å². The summed E-state index contributed by atoms with van der Waals surface area (Å²) >= 11 is 0. The van der Waals surface area contributed by atoms with E-state index in [1.165, 1.54) is 0 Å². The lowest BCUT2D eigenvalue weighted by Crippen LogP contribution is -2.12. The van der Waals surface area contributed by atoms with Gasteiger partial charge in [0.2, 0.25) is 0 Å². The molecule has 0 aromatic heterocycles. The third-order valence-electron chi connectivity index (χ3n) is 4.05. The van der Waals surface area contributed by atoms with Crippen LogP contribution in [0.1, 0.15) is 29.8 Å². The predicted octanol–water partition coefficient (Wildman–Crippen LogP) is 5.16. The fourth-order valence-electron chi connectivity index (χ4n) is 2.97. The normalized spacial score (nSPS) is 10.6. The highest BCUT2D eigenvalue weighted by molar-refractivity contribution is 6.05. The zero-order valence-electron chi connectivity index (χ0n) is 15.2. The lowest BCUT2D eigenvalue weighted by atomic mass is 10.00. The number of esters is 1. The van der Waals surface area contributed by atoms with E-state index in [0.717, 1.165) is 16.3 Å². The highest BCUT2D eigenvalue weighted by atomic mass is 16.5. The second-order valence-corrected chi connectivity index (χ2v) is 5.82. The van der Waals surface area contributed by atoms with Gasteiger partial charge in [-0.2, -0.15) is 0 Å². The average Bonchev–Trinajstić information content (AvgIpc) is 2.64. The summed E-state index contributed by atoms with van der Waals surface area (Å²) in [5.41, 5.74) is 1.42. The quantitative estimate of drug-likeness (QED) is 0.455. The van der Waals surface area contributed by atoms with Crippen LogP contribution >= 0.6 is 0 Å². The van der Waals surface area contributed by atoms with Gasteiger partial charge in [0.1, 0.15) is 22.8 Å². The van der Waals surface area contributed by atoms with Crippen molar-refractivity contribution in [2.75, 3.05) is 13.2 Å². The molecule has 0 aliphatic rings. The molecule has 134 valence electrons. The first kappa shape index (κ1) is 17.8. The van der Waals surface area contributed by atoms with Crippen LogP contribution in [0.5, 0.6) is 17.2 Å². The Morgan fingerprint density at radius 2 is 1.65 bits per heavy atom. The highest BCUT2D eigenvalue weighted by Crippen LogP contribution is 2.39. The second-order valence-electron chi connectivity index (χ2n) is 5.82. The monoisotopic (exact) mass is 350 g/mol. The molecule has 0 saturated carbocycles. The van der Waals surface area contributed by atoms with Crippen molar-refractivity contribution < 1.29 is 19.0 Å². The Morgan fingerprint density at radius 1 is 0.923 bits per heavy atom. The minimum absolute atomic E-state index is 0.359. The summed E-state index contributed by atoms with van der Waals surface area (Å²) in [6.07, 6.45) is 0. The van der Waals surface area contributed by atoms with Crippen LogP contribution in [0.15, 0.2) is 54.6 Å². The molecule has 26 heavy (non-hydrogen) atoms. The molecule has 0 radical (unpaired) electrons. The van der Waals surface area contributed by atoms with Gasteiger partial charge in [0, 0.05) is 10.8 Å². The smallest absolute Gasteiger partial charge is 0.347 e. The molecule has 0 N–H and O–H groups in total. The number of carbonyl (C=O) groups is 1. The van der Waals surface area contributed by atoms with E-state index in [9.17, 15) is 4.79 Å². The number of carbonyl (C=O) groups excluding carboxylic acids is 1. The molecule has 0 bridgehead atoms. The van der Waals surface area contributed by atoms with Gasteiger partial charge in [-0.25, -0.2) is 4.79 Å². The lowest BCUT2D eigenvalue weighted by Gasteiger charge is -2.17. The fraction of sp³-hybridized carbons (Fsp3) is 0.227. The minimum atomic E-state index is -0.469. The summed E-state index contributed by atoms with van der Waals surface area (Å²) in [5, 5.41) is 1.80. The topological polar surface area (TPSA) is 44.8 Å². The van der Waals surface area contributed by atoms with E-state index in [0.29, 0.717) is 36.0 Å². The van der Waals surface area contributed by atoms with E-state index in [1.807, 2.05) is 57.2 Å². The summed E-state index contributed by atoms with van der Waals surface area (Å²) in [6, 6.07) is 16.6. The Labute approximate surface area is 153 Å². The van der Waals surface area contributed by atoms with Crippen LogP contribution in [0.25, 0.3) is 10.8 Å². The van der Waals surface area contributed by atoms with Crippen molar-refractivity contribution in [1.29, 1.82) is 0 Å². The Hall–Kier alpha value is -3.01. The maximum atomic E-state index is 12.8. The van der Waals surface area contributed by atoms with Crippen molar-refractivity contribution in [2.45, 2.75) is 20.8 Å². The fourth-order valence-corrected chi connectivity index (χ4v) is 2.97. The Balaban J connectivity index is 2.16. The summed E-state index contributed by atoms with van der Waals surface area (Å²) in [7, 11) is 0. The van der Waals surface area contributed by atoms with E-state index in [-0.39, 0.29) is 0 Å². The average molecular weight is 350 g/mol. The van der Waals surface area contributed by atoms with Crippen molar-refractivity contribution in [3.05, 3.63) is 65.7 Å². The van der Waals surface area contributed by atoms with Crippen LogP contribution in [-0.4, -0.2) is 19.2 Å². The van der Waals surface area contributed by atoms with Gasteiger partial charge in [0.25, 0.3) is 0 Å². The molecule has 3 aromatic carbocycles. The molecule has 0 saturated heterocycles. The molecule has 0 aliphatic carbocycles. The van der Waals surface area contributed by atoms with Gasteiger partial charge in [-0.3, -0.25) is 0 Å². The first-order valence-corrected chi connectivity index (χ1v) is 8.74. The summed E-state index contributed by atoms with van der Waals surface area (Å²) in [4.78, 5) is 12.8. The third kappa shape index (κ3) is 3.49.